The molecule has 1 N–H and O–H groups in total. The van der Waals surface area contributed by atoms with Gasteiger partial charge in [-0.15, -0.1) is 8.78 Å². The molecule has 2 aliphatic heterocycles. The maximum absolute atomic E-state index is 13.6. The maximum atomic E-state index is 13.6. The van der Waals surface area contributed by atoms with Crippen LogP contribution in [-0.2, 0) is 23.4 Å². The van der Waals surface area contributed by atoms with Crippen molar-refractivity contribution in [2.75, 3.05) is 0 Å². The molecule has 33 heavy (non-hydrogen) atoms. The van der Waals surface area contributed by atoms with E-state index in [4.69, 9.17) is 4.98 Å². The van der Waals surface area contributed by atoms with Crippen LogP contribution in [0, 0.1) is 0 Å². The van der Waals surface area contributed by atoms with E-state index in [1.165, 1.54) is 12.1 Å². The smallest absolute Gasteiger partial charge is 0.395 e. The third kappa shape index (κ3) is 2.54. The normalized spacial score (nSPS) is 21.6. The van der Waals surface area contributed by atoms with Crippen molar-refractivity contribution in [3.8, 4) is 22.9 Å². The first-order chi connectivity index (χ1) is 15.5. The Bertz CT molecular complexity index is 1480. The molecule has 0 fully saturated rings. The van der Waals surface area contributed by atoms with Gasteiger partial charge in [0.2, 0.25) is 0 Å². The molecule has 0 radical (unpaired) electrons. The van der Waals surface area contributed by atoms with Crippen molar-refractivity contribution >= 4 is 16.7 Å². The highest BCUT2D eigenvalue weighted by Crippen LogP contribution is 2.47. The molecule has 0 amide bonds. The van der Waals surface area contributed by atoms with Gasteiger partial charge < -0.3 is 19.1 Å². The molecule has 3 aromatic rings. The average Bonchev–Trinajstić information content (AvgIpc) is 3.34. The number of halogens is 2. The van der Waals surface area contributed by atoms with Gasteiger partial charge in [0.05, 0.1) is 23.4 Å². The van der Waals surface area contributed by atoms with Crippen LogP contribution in [-0.4, -0.2) is 26.7 Å². The second kappa shape index (κ2) is 6.17. The van der Waals surface area contributed by atoms with Crippen LogP contribution < -0.4 is 15.0 Å². The van der Waals surface area contributed by atoms with Crippen LogP contribution in [0.2, 0.25) is 0 Å². The number of ketones is 1. The molecule has 170 valence electrons. The highest BCUT2D eigenvalue weighted by Gasteiger charge is 2.47. The highest BCUT2D eigenvalue weighted by atomic mass is 19.3. The molecular formula is C24H20F2N2O5. The minimum atomic E-state index is -3.74. The topological polar surface area (TPSA) is 90.7 Å². The number of benzene rings is 1. The van der Waals surface area contributed by atoms with Gasteiger partial charge in [-0.3, -0.25) is 9.59 Å². The summed E-state index contributed by atoms with van der Waals surface area (Å²) < 4.78 is 38.1. The molecule has 7 nitrogen and oxygen atoms in total. The summed E-state index contributed by atoms with van der Waals surface area (Å²) in [6.07, 6.45) is -3.68. The number of hydrogen-bond acceptors (Lipinski definition) is 6. The second-order valence-corrected chi connectivity index (χ2v) is 9.12. The van der Waals surface area contributed by atoms with Crippen LogP contribution >= 0.6 is 0 Å². The van der Waals surface area contributed by atoms with E-state index in [-0.39, 0.29) is 48.1 Å². The third-order valence-electron chi connectivity index (χ3n) is 6.95. The van der Waals surface area contributed by atoms with E-state index in [1.54, 1.807) is 17.6 Å². The summed E-state index contributed by atoms with van der Waals surface area (Å²) in [4.78, 5) is 30.5. The number of nitrogens with zero attached hydrogens (tertiary/aromatic N) is 2. The predicted octanol–water partition coefficient (Wildman–Crippen LogP) is 3.59. The molecule has 1 aromatic carbocycles. The summed E-state index contributed by atoms with van der Waals surface area (Å²) in [6.45, 7) is 5.91. The molecule has 6 rings (SSSR count). The largest absolute Gasteiger partial charge is 0.586 e. The first kappa shape index (κ1) is 20.3. The maximum Gasteiger partial charge on any atom is 0.586 e. The monoisotopic (exact) mass is 454 g/mol. The van der Waals surface area contributed by atoms with E-state index < -0.39 is 11.9 Å². The van der Waals surface area contributed by atoms with E-state index in [0.29, 0.717) is 33.4 Å². The van der Waals surface area contributed by atoms with Crippen molar-refractivity contribution in [3.05, 3.63) is 50.8 Å². The van der Waals surface area contributed by atoms with E-state index in [1.807, 2.05) is 13.8 Å². The zero-order valence-electron chi connectivity index (χ0n) is 18.2. The quantitative estimate of drug-likeness (QED) is 0.498. The number of aromatic nitrogens is 2. The van der Waals surface area contributed by atoms with Gasteiger partial charge in [-0.25, -0.2) is 4.98 Å². The van der Waals surface area contributed by atoms with Gasteiger partial charge >= 0.3 is 6.29 Å². The Labute approximate surface area is 186 Å². The number of hydrogen-bond donors (Lipinski definition) is 1. The molecule has 9 heteroatoms. The fourth-order valence-corrected chi connectivity index (χ4v) is 5.39. The lowest BCUT2D eigenvalue weighted by Gasteiger charge is -2.20. The number of rotatable bonds is 2. The summed E-state index contributed by atoms with van der Waals surface area (Å²) >= 11 is 0. The number of aliphatic hydroxyl groups is 1. The Morgan fingerprint density at radius 1 is 1.15 bits per heavy atom. The van der Waals surface area contributed by atoms with Crippen LogP contribution in [0.3, 0.4) is 0 Å². The van der Waals surface area contributed by atoms with Gasteiger partial charge in [0.1, 0.15) is 5.60 Å². The Morgan fingerprint density at radius 3 is 2.52 bits per heavy atom. The predicted molar refractivity (Wildman–Crippen MR) is 114 cm³/mol. The second-order valence-electron chi connectivity index (χ2n) is 9.12. The minimum Gasteiger partial charge on any atom is -0.395 e. The van der Waals surface area contributed by atoms with E-state index in [2.05, 4.69) is 9.47 Å². The molecule has 0 saturated carbocycles. The molecular weight excluding hydrogens is 434 g/mol. The summed E-state index contributed by atoms with van der Waals surface area (Å²) in [6, 6.07) is 4.60. The summed E-state index contributed by atoms with van der Waals surface area (Å²) in [7, 11) is 0. The van der Waals surface area contributed by atoms with Crippen LogP contribution in [0.15, 0.2) is 23.0 Å². The molecule has 0 spiro atoms. The molecule has 0 saturated heterocycles. The number of ether oxygens (including phenoxy) is 2. The summed E-state index contributed by atoms with van der Waals surface area (Å²) in [5, 5.41) is 11.6. The first-order valence-corrected chi connectivity index (χ1v) is 10.8. The zero-order valence-corrected chi connectivity index (χ0v) is 18.2. The molecule has 1 unspecified atom stereocenters. The SMILES string of the molecule is CCC1(O)C(=O)Cc2c1cc1n(c2=O)Cc2c-1nc1cc3c(cc1c2C(C)C)OC(F)(F)O3. The van der Waals surface area contributed by atoms with E-state index in [0.717, 1.165) is 11.1 Å². The van der Waals surface area contributed by atoms with Crippen molar-refractivity contribution in [3.63, 3.8) is 0 Å². The Hall–Kier alpha value is -3.33. The lowest BCUT2D eigenvalue weighted by atomic mass is 9.90. The summed E-state index contributed by atoms with van der Waals surface area (Å²) in [5.74, 6) is -0.556. The highest BCUT2D eigenvalue weighted by molar-refractivity contribution is 5.96. The Balaban J connectivity index is 1.64. The number of pyridine rings is 2. The van der Waals surface area contributed by atoms with Gasteiger partial charge in [0.25, 0.3) is 5.56 Å². The first-order valence-electron chi connectivity index (χ1n) is 10.8. The Morgan fingerprint density at radius 2 is 1.85 bits per heavy atom. The standard InChI is InChI=1S/C24H20F2N2O5/c1-4-23(31)14-7-16-21-13(9-28(16)22(30)11(14)6-19(23)29)20(10(2)3)12-5-17-18(8-15(12)27-21)33-24(25,26)32-17/h5,7-8,10,31H,4,6,9H2,1-3H3. The number of alkyl halides is 2. The van der Waals surface area contributed by atoms with Crippen molar-refractivity contribution in [1.29, 1.82) is 0 Å². The minimum absolute atomic E-state index is 0.00357. The number of carbonyl (C=O) groups excluding carboxylic acids is 1. The van der Waals surface area contributed by atoms with Crippen molar-refractivity contribution in [2.45, 2.75) is 58.0 Å². The van der Waals surface area contributed by atoms with Crippen LogP contribution in [0.25, 0.3) is 22.3 Å². The summed E-state index contributed by atoms with van der Waals surface area (Å²) in [5.41, 5.74) is 1.81. The van der Waals surface area contributed by atoms with Crippen LogP contribution in [0.1, 0.15) is 55.4 Å². The number of Topliss-reactive ketones (excluding diaryl/α,β-unsaturated/α-hetero) is 1. The van der Waals surface area contributed by atoms with Gasteiger partial charge in [-0.2, -0.15) is 0 Å². The van der Waals surface area contributed by atoms with Crippen LogP contribution in [0.4, 0.5) is 8.78 Å². The third-order valence-corrected chi connectivity index (χ3v) is 6.95. The fraction of sp³-hybridized carbons (Fsp3) is 0.375. The van der Waals surface area contributed by atoms with Crippen molar-refractivity contribution in [2.24, 2.45) is 0 Å². The van der Waals surface area contributed by atoms with Gasteiger partial charge in [0.15, 0.2) is 17.3 Å². The van der Waals surface area contributed by atoms with Crippen molar-refractivity contribution in [1.82, 2.24) is 9.55 Å². The lowest BCUT2D eigenvalue weighted by molar-refractivity contribution is -0.286. The number of carbonyl (C=O) groups is 1. The van der Waals surface area contributed by atoms with Gasteiger partial charge in [-0.1, -0.05) is 20.8 Å². The van der Waals surface area contributed by atoms with Crippen molar-refractivity contribution < 1.29 is 28.2 Å². The molecule has 0 bridgehead atoms. The van der Waals surface area contributed by atoms with E-state index in [9.17, 15) is 23.5 Å². The molecule has 2 aromatic heterocycles. The molecule has 4 heterocycles. The van der Waals surface area contributed by atoms with Crippen LogP contribution in [0.5, 0.6) is 11.5 Å². The van der Waals surface area contributed by atoms with Gasteiger partial charge in [-0.05, 0) is 30.0 Å². The molecule has 1 atom stereocenters. The number of fused-ring (bicyclic) bond motifs is 6. The average molecular weight is 454 g/mol. The fourth-order valence-electron chi connectivity index (χ4n) is 5.39. The van der Waals surface area contributed by atoms with E-state index >= 15 is 0 Å². The lowest BCUT2D eigenvalue weighted by Crippen LogP contribution is -2.31. The zero-order chi connectivity index (χ0) is 23.4. The van der Waals surface area contributed by atoms with Gasteiger partial charge in [0, 0.05) is 34.6 Å². The molecule has 3 aliphatic rings. The molecule has 1 aliphatic carbocycles. The Kier molecular flexibility index (Phi) is 3.79.